The van der Waals surface area contributed by atoms with Crippen LogP contribution >= 0.6 is 0 Å². The zero-order valence-corrected chi connectivity index (χ0v) is 17.8. The predicted molar refractivity (Wildman–Crippen MR) is 117 cm³/mol. The third kappa shape index (κ3) is 4.07. The molecule has 158 valence electrons. The number of carbonyl (C=O) groups is 1. The van der Waals surface area contributed by atoms with Gasteiger partial charge in [-0.15, -0.1) is 0 Å². The molecule has 3 aromatic heterocycles. The van der Waals surface area contributed by atoms with Crippen LogP contribution in [0.3, 0.4) is 0 Å². The number of nitrogens with zero attached hydrogens (tertiary/aromatic N) is 6. The summed E-state index contributed by atoms with van der Waals surface area (Å²) >= 11 is 0. The zero-order chi connectivity index (χ0) is 22.2. The number of carbonyl (C=O) groups excluding carboxylic acids is 1. The van der Waals surface area contributed by atoms with Gasteiger partial charge in [-0.3, -0.25) is 9.59 Å². The fraction of sp³-hybridized carbons (Fsp3) is 0.273. The molecule has 1 N–H and O–H groups in total. The van der Waals surface area contributed by atoms with Crippen molar-refractivity contribution in [1.29, 1.82) is 0 Å². The Kier molecular flexibility index (Phi) is 5.10. The number of benzene rings is 1. The minimum Gasteiger partial charge on any atom is -0.309 e. The highest BCUT2D eigenvalue weighted by molar-refractivity contribution is 5.90. The maximum atomic E-state index is 12.8. The number of fused-ring (bicyclic) bond motifs is 1. The monoisotopic (exact) mass is 417 g/mol. The molecule has 9 heteroatoms. The molecule has 0 aliphatic heterocycles. The van der Waals surface area contributed by atoms with E-state index < -0.39 is 5.91 Å². The van der Waals surface area contributed by atoms with Crippen LogP contribution in [0.2, 0.25) is 0 Å². The van der Waals surface area contributed by atoms with Gasteiger partial charge in [-0.2, -0.15) is 14.9 Å². The van der Waals surface area contributed by atoms with E-state index >= 15 is 0 Å². The molecule has 0 bridgehead atoms. The molecule has 9 nitrogen and oxygen atoms in total. The first kappa shape index (κ1) is 20.4. The van der Waals surface area contributed by atoms with E-state index in [0.717, 1.165) is 11.1 Å². The van der Waals surface area contributed by atoms with E-state index in [1.807, 2.05) is 39.8 Å². The van der Waals surface area contributed by atoms with Crippen LogP contribution in [-0.4, -0.2) is 35.4 Å². The second-order valence-electron chi connectivity index (χ2n) is 8.27. The number of amides is 1. The first-order chi connectivity index (χ1) is 14.7. The van der Waals surface area contributed by atoms with Crippen molar-refractivity contribution in [1.82, 2.24) is 29.5 Å². The summed E-state index contributed by atoms with van der Waals surface area (Å²) in [6, 6.07) is 10.7. The first-order valence-corrected chi connectivity index (χ1v) is 9.88. The van der Waals surface area contributed by atoms with Crippen molar-refractivity contribution in [3.8, 4) is 5.95 Å². The lowest BCUT2D eigenvalue weighted by atomic mass is 9.92. The number of nitrogens with one attached hydrogen (secondary N) is 1. The Balaban J connectivity index is 1.67. The zero-order valence-electron chi connectivity index (χ0n) is 17.8. The van der Waals surface area contributed by atoms with E-state index in [2.05, 4.69) is 25.5 Å². The van der Waals surface area contributed by atoms with Gasteiger partial charge in [0.1, 0.15) is 12.4 Å². The molecule has 0 aliphatic rings. The van der Waals surface area contributed by atoms with Crippen molar-refractivity contribution >= 4 is 22.5 Å². The molecule has 3 heterocycles. The summed E-state index contributed by atoms with van der Waals surface area (Å²) in [7, 11) is 0. The second kappa shape index (κ2) is 7.75. The van der Waals surface area contributed by atoms with Crippen LogP contribution in [0.4, 0.5) is 5.82 Å². The van der Waals surface area contributed by atoms with Crippen LogP contribution in [0.1, 0.15) is 32.2 Å². The van der Waals surface area contributed by atoms with Crippen LogP contribution in [-0.2, 0) is 16.8 Å². The standard InChI is InChI=1S/C22H23N7O2/c1-14-15-8-5-6-9-16(15)20(31)28(26-14)13-19(30)25-18-12-17(22(2,3)4)27-29(18)21-23-10-7-11-24-21/h5-12H,13H2,1-4H3,(H,25,30). The Hall–Kier alpha value is -3.88. The molecule has 0 spiro atoms. The molecule has 1 aromatic carbocycles. The van der Waals surface area contributed by atoms with E-state index in [-0.39, 0.29) is 17.5 Å². The molecule has 4 rings (SSSR count). The maximum Gasteiger partial charge on any atom is 0.275 e. The van der Waals surface area contributed by atoms with E-state index in [1.54, 1.807) is 36.7 Å². The quantitative estimate of drug-likeness (QED) is 0.547. The van der Waals surface area contributed by atoms with E-state index in [4.69, 9.17) is 0 Å². The van der Waals surface area contributed by atoms with Gasteiger partial charge in [0, 0.05) is 29.3 Å². The first-order valence-electron chi connectivity index (χ1n) is 9.88. The Bertz CT molecular complexity index is 1320. The SMILES string of the molecule is Cc1nn(CC(=O)Nc2cc(C(C)(C)C)nn2-c2ncccn2)c(=O)c2ccccc12. The smallest absolute Gasteiger partial charge is 0.275 e. The van der Waals surface area contributed by atoms with Crippen molar-refractivity contribution in [3.63, 3.8) is 0 Å². The number of aryl methyl sites for hydroxylation is 1. The molecule has 0 fully saturated rings. The lowest BCUT2D eigenvalue weighted by Crippen LogP contribution is -2.30. The topological polar surface area (TPSA) is 108 Å². The van der Waals surface area contributed by atoms with Gasteiger partial charge in [-0.05, 0) is 19.1 Å². The summed E-state index contributed by atoms with van der Waals surface area (Å²) in [6.45, 7) is 7.67. The van der Waals surface area contributed by atoms with Gasteiger partial charge in [0.2, 0.25) is 5.91 Å². The van der Waals surface area contributed by atoms with Crippen molar-refractivity contribution in [2.24, 2.45) is 0 Å². The van der Waals surface area contributed by atoms with E-state index in [9.17, 15) is 9.59 Å². The Morgan fingerprint density at radius 1 is 1.03 bits per heavy atom. The summed E-state index contributed by atoms with van der Waals surface area (Å²) in [6.07, 6.45) is 3.21. The minimum atomic E-state index is -0.401. The molecule has 0 aliphatic carbocycles. The van der Waals surface area contributed by atoms with Crippen molar-refractivity contribution in [2.45, 2.75) is 39.7 Å². The molecule has 1 amide bonds. The highest BCUT2D eigenvalue weighted by atomic mass is 16.2. The van der Waals surface area contributed by atoms with Gasteiger partial charge in [-0.1, -0.05) is 39.0 Å². The molecule has 0 saturated heterocycles. The lowest BCUT2D eigenvalue weighted by Gasteiger charge is -2.13. The normalized spacial score (nSPS) is 11.6. The average Bonchev–Trinajstić information content (AvgIpc) is 3.16. The van der Waals surface area contributed by atoms with Crippen LogP contribution in [0.25, 0.3) is 16.7 Å². The maximum absolute atomic E-state index is 12.8. The molecule has 31 heavy (non-hydrogen) atoms. The van der Waals surface area contributed by atoms with Crippen molar-refractivity contribution in [2.75, 3.05) is 5.32 Å². The molecule has 0 unspecified atom stereocenters. The largest absolute Gasteiger partial charge is 0.309 e. The molecule has 0 saturated carbocycles. The highest BCUT2D eigenvalue weighted by Crippen LogP contribution is 2.25. The number of anilines is 1. The Morgan fingerprint density at radius 2 is 1.71 bits per heavy atom. The molecule has 0 radical (unpaired) electrons. The Labute approximate surface area is 178 Å². The van der Waals surface area contributed by atoms with Crippen molar-refractivity contribution < 1.29 is 4.79 Å². The van der Waals surface area contributed by atoms with Crippen LogP contribution in [0.15, 0.2) is 53.6 Å². The number of aromatic nitrogens is 6. The van der Waals surface area contributed by atoms with E-state index in [1.165, 1.54) is 9.36 Å². The predicted octanol–water partition coefficient (Wildman–Crippen LogP) is 2.62. The lowest BCUT2D eigenvalue weighted by molar-refractivity contribution is -0.117. The molecule has 0 atom stereocenters. The van der Waals surface area contributed by atoms with Crippen LogP contribution in [0, 0.1) is 6.92 Å². The van der Waals surface area contributed by atoms with Crippen molar-refractivity contribution in [3.05, 3.63) is 70.5 Å². The van der Waals surface area contributed by atoms with Gasteiger partial charge in [0.15, 0.2) is 0 Å². The average molecular weight is 417 g/mol. The second-order valence-corrected chi connectivity index (χ2v) is 8.27. The summed E-state index contributed by atoms with van der Waals surface area (Å²) in [5, 5.41) is 13.0. The number of hydrogen-bond acceptors (Lipinski definition) is 6. The summed E-state index contributed by atoms with van der Waals surface area (Å²) in [5.41, 5.74) is 0.896. The number of hydrogen-bond donors (Lipinski definition) is 1. The Morgan fingerprint density at radius 3 is 2.39 bits per heavy atom. The summed E-state index contributed by atoms with van der Waals surface area (Å²) in [4.78, 5) is 34.1. The fourth-order valence-corrected chi connectivity index (χ4v) is 3.22. The molecular formula is C22H23N7O2. The molecular weight excluding hydrogens is 394 g/mol. The van der Waals surface area contributed by atoms with Gasteiger partial charge in [0.05, 0.1) is 16.8 Å². The van der Waals surface area contributed by atoms with Gasteiger partial charge in [0.25, 0.3) is 11.5 Å². The third-order valence-corrected chi connectivity index (χ3v) is 4.83. The third-order valence-electron chi connectivity index (χ3n) is 4.83. The van der Waals surface area contributed by atoms with Crippen LogP contribution in [0.5, 0.6) is 0 Å². The van der Waals surface area contributed by atoms with Gasteiger partial charge >= 0.3 is 0 Å². The summed E-state index contributed by atoms with van der Waals surface area (Å²) < 4.78 is 2.66. The number of rotatable bonds is 4. The van der Waals surface area contributed by atoms with Crippen LogP contribution < -0.4 is 10.9 Å². The van der Waals surface area contributed by atoms with E-state index in [0.29, 0.717) is 22.8 Å². The summed E-state index contributed by atoms with van der Waals surface area (Å²) in [5.74, 6) is 0.360. The fourth-order valence-electron chi connectivity index (χ4n) is 3.22. The minimum absolute atomic E-state index is 0.226. The molecule has 4 aromatic rings. The highest BCUT2D eigenvalue weighted by Gasteiger charge is 2.22. The van der Waals surface area contributed by atoms with Gasteiger partial charge < -0.3 is 5.32 Å². The van der Waals surface area contributed by atoms with Gasteiger partial charge in [-0.25, -0.2) is 14.6 Å².